The van der Waals surface area contributed by atoms with Gasteiger partial charge in [0.25, 0.3) is 0 Å². The molecule has 1 aromatic carbocycles. The lowest BCUT2D eigenvalue weighted by molar-refractivity contribution is -0.126. The lowest BCUT2D eigenvalue weighted by atomic mass is 10.2. The number of carbonyl (C=O) groups is 1. The first-order chi connectivity index (χ1) is 13.7. The molecule has 1 aromatic heterocycles. The summed E-state index contributed by atoms with van der Waals surface area (Å²) in [6, 6.07) is 10.5. The third kappa shape index (κ3) is 4.13. The topological polar surface area (TPSA) is 52.6 Å². The second-order valence-corrected chi connectivity index (χ2v) is 7.11. The van der Waals surface area contributed by atoms with E-state index in [0.717, 1.165) is 24.7 Å². The Hall–Kier alpha value is -2.96. The molecule has 2 aliphatic rings. The first kappa shape index (κ1) is 18.4. The van der Waals surface area contributed by atoms with Gasteiger partial charge in [-0.05, 0) is 37.1 Å². The molecule has 6 nitrogen and oxygen atoms in total. The zero-order valence-electron chi connectivity index (χ0n) is 15.8. The van der Waals surface area contributed by atoms with Crippen LogP contribution >= 0.6 is 0 Å². The highest BCUT2D eigenvalue weighted by molar-refractivity contribution is 5.92. The molecule has 0 spiro atoms. The van der Waals surface area contributed by atoms with Gasteiger partial charge in [0, 0.05) is 50.9 Å². The van der Waals surface area contributed by atoms with Crippen LogP contribution in [0.25, 0.3) is 6.08 Å². The van der Waals surface area contributed by atoms with Crippen molar-refractivity contribution >= 4 is 23.6 Å². The van der Waals surface area contributed by atoms with E-state index in [9.17, 15) is 9.18 Å². The Morgan fingerprint density at radius 1 is 0.857 bits per heavy atom. The molecule has 146 valence electrons. The van der Waals surface area contributed by atoms with Crippen molar-refractivity contribution in [1.82, 2.24) is 15.1 Å². The first-order valence-electron chi connectivity index (χ1n) is 9.76. The molecule has 28 heavy (non-hydrogen) atoms. The quantitative estimate of drug-likeness (QED) is 0.762. The lowest BCUT2D eigenvalue weighted by Gasteiger charge is -2.34. The van der Waals surface area contributed by atoms with Gasteiger partial charge in [-0.1, -0.05) is 18.2 Å². The summed E-state index contributed by atoms with van der Waals surface area (Å²) in [6.07, 6.45) is 5.40. The molecule has 7 heteroatoms. The number of amides is 1. The summed E-state index contributed by atoms with van der Waals surface area (Å²) in [6.45, 7) is 4.73. The summed E-state index contributed by atoms with van der Waals surface area (Å²) >= 11 is 0. The van der Waals surface area contributed by atoms with E-state index >= 15 is 0 Å². The average molecular weight is 381 g/mol. The molecule has 0 bridgehead atoms. The van der Waals surface area contributed by atoms with Gasteiger partial charge in [-0.15, -0.1) is 10.2 Å². The van der Waals surface area contributed by atoms with E-state index < -0.39 is 0 Å². The minimum Gasteiger partial charge on any atom is -0.355 e. The maximum absolute atomic E-state index is 13.6. The fourth-order valence-corrected chi connectivity index (χ4v) is 3.63. The largest absolute Gasteiger partial charge is 0.355 e. The number of benzene rings is 1. The Morgan fingerprint density at radius 2 is 1.46 bits per heavy atom. The van der Waals surface area contributed by atoms with Gasteiger partial charge in [-0.2, -0.15) is 0 Å². The zero-order chi connectivity index (χ0) is 19.3. The Bertz CT molecular complexity index is 840. The second kappa shape index (κ2) is 8.37. The maximum atomic E-state index is 13.6. The SMILES string of the molecule is O=C(/C=C/c1ccccc1F)N1CCN(c2ccc(N3CCCC3)nn2)CC1. The third-order valence-electron chi connectivity index (χ3n) is 5.29. The van der Waals surface area contributed by atoms with Gasteiger partial charge < -0.3 is 14.7 Å². The molecule has 2 saturated heterocycles. The monoisotopic (exact) mass is 381 g/mol. The molecule has 2 fully saturated rings. The van der Waals surface area contributed by atoms with Crippen LogP contribution in [-0.4, -0.2) is 60.3 Å². The van der Waals surface area contributed by atoms with Crippen LogP contribution in [-0.2, 0) is 4.79 Å². The summed E-state index contributed by atoms with van der Waals surface area (Å²) < 4.78 is 13.6. The van der Waals surface area contributed by atoms with Gasteiger partial charge in [0.05, 0.1) is 0 Å². The number of halogens is 1. The van der Waals surface area contributed by atoms with Crippen LogP contribution in [0.3, 0.4) is 0 Å². The van der Waals surface area contributed by atoms with Gasteiger partial charge in [-0.25, -0.2) is 4.39 Å². The van der Waals surface area contributed by atoms with Crippen molar-refractivity contribution < 1.29 is 9.18 Å². The second-order valence-electron chi connectivity index (χ2n) is 7.11. The van der Waals surface area contributed by atoms with Gasteiger partial charge in [0.1, 0.15) is 5.82 Å². The fourth-order valence-electron chi connectivity index (χ4n) is 3.63. The fraction of sp³-hybridized carbons (Fsp3) is 0.381. The highest BCUT2D eigenvalue weighted by atomic mass is 19.1. The maximum Gasteiger partial charge on any atom is 0.246 e. The Kier molecular flexibility index (Phi) is 5.50. The first-order valence-corrected chi connectivity index (χ1v) is 9.76. The van der Waals surface area contributed by atoms with Crippen LogP contribution in [0.2, 0.25) is 0 Å². The normalized spacial score (nSPS) is 17.5. The molecule has 0 unspecified atom stereocenters. The summed E-state index contributed by atoms with van der Waals surface area (Å²) in [5.41, 5.74) is 0.419. The minimum atomic E-state index is -0.327. The third-order valence-corrected chi connectivity index (χ3v) is 5.29. The summed E-state index contributed by atoms with van der Waals surface area (Å²) in [5, 5.41) is 8.75. The molecule has 2 aliphatic heterocycles. The van der Waals surface area contributed by atoms with Crippen molar-refractivity contribution in [3.63, 3.8) is 0 Å². The standard InChI is InChI=1S/C21H24FN5O/c22-18-6-2-1-5-17(18)7-10-21(28)27-15-13-26(14-16-27)20-9-8-19(23-24-20)25-11-3-4-12-25/h1-2,5-10H,3-4,11-16H2/b10-7+. The number of aromatic nitrogens is 2. The van der Waals surface area contributed by atoms with Crippen molar-refractivity contribution in [1.29, 1.82) is 0 Å². The predicted octanol–water partition coefficient (Wildman–Crippen LogP) is 2.58. The van der Waals surface area contributed by atoms with Crippen LogP contribution < -0.4 is 9.80 Å². The van der Waals surface area contributed by atoms with Crippen molar-refractivity contribution in [2.24, 2.45) is 0 Å². The van der Waals surface area contributed by atoms with Crippen molar-refractivity contribution in [2.75, 3.05) is 49.1 Å². The number of nitrogens with zero attached hydrogens (tertiary/aromatic N) is 5. The van der Waals surface area contributed by atoms with Gasteiger partial charge in [0.15, 0.2) is 11.6 Å². The van der Waals surface area contributed by atoms with Crippen LogP contribution in [0.1, 0.15) is 18.4 Å². The van der Waals surface area contributed by atoms with Crippen LogP contribution in [0.5, 0.6) is 0 Å². The van der Waals surface area contributed by atoms with Crippen molar-refractivity contribution in [2.45, 2.75) is 12.8 Å². The molecule has 0 N–H and O–H groups in total. The van der Waals surface area contributed by atoms with E-state index in [2.05, 4.69) is 20.0 Å². The predicted molar refractivity (Wildman–Crippen MR) is 108 cm³/mol. The number of hydrogen-bond donors (Lipinski definition) is 0. The highest BCUT2D eigenvalue weighted by Crippen LogP contribution is 2.20. The number of carbonyl (C=O) groups excluding carboxylic acids is 1. The van der Waals surface area contributed by atoms with Crippen LogP contribution in [0.15, 0.2) is 42.5 Å². The number of piperazine rings is 1. The molecule has 1 amide bonds. The van der Waals surface area contributed by atoms with E-state index in [1.807, 2.05) is 12.1 Å². The van der Waals surface area contributed by atoms with Crippen molar-refractivity contribution in [3.05, 3.63) is 53.9 Å². The van der Waals surface area contributed by atoms with E-state index in [1.54, 1.807) is 23.1 Å². The lowest BCUT2D eigenvalue weighted by Crippen LogP contribution is -2.48. The van der Waals surface area contributed by atoms with E-state index in [-0.39, 0.29) is 11.7 Å². The van der Waals surface area contributed by atoms with E-state index in [0.29, 0.717) is 31.7 Å². The van der Waals surface area contributed by atoms with Gasteiger partial charge >= 0.3 is 0 Å². The number of hydrogen-bond acceptors (Lipinski definition) is 5. The molecule has 4 rings (SSSR count). The minimum absolute atomic E-state index is 0.0987. The molecule has 0 radical (unpaired) electrons. The average Bonchev–Trinajstić information content (AvgIpc) is 3.28. The molecule has 2 aromatic rings. The Balaban J connectivity index is 1.31. The molecule has 0 saturated carbocycles. The molecule has 3 heterocycles. The number of anilines is 2. The molecular formula is C21H24FN5O. The van der Waals surface area contributed by atoms with Crippen molar-refractivity contribution in [3.8, 4) is 0 Å². The summed E-state index contributed by atoms with van der Waals surface area (Å²) in [5.74, 6) is 1.36. The Morgan fingerprint density at radius 3 is 2.07 bits per heavy atom. The molecular weight excluding hydrogens is 357 g/mol. The van der Waals surface area contributed by atoms with Crippen LogP contribution in [0.4, 0.5) is 16.0 Å². The molecule has 0 aliphatic carbocycles. The Labute approximate surface area is 164 Å². The zero-order valence-corrected chi connectivity index (χ0v) is 15.8. The van der Waals surface area contributed by atoms with Crippen LogP contribution in [0, 0.1) is 5.82 Å². The smallest absolute Gasteiger partial charge is 0.246 e. The summed E-state index contributed by atoms with van der Waals surface area (Å²) in [7, 11) is 0. The highest BCUT2D eigenvalue weighted by Gasteiger charge is 2.21. The van der Waals surface area contributed by atoms with E-state index in [1.165, 1.54) is 31.1 Å². The number of rotatable bonds is 4. The summed E-state index contributed by atoms with van der Waals surface area (Å²) in [4.78, 5) is 18.6. The molecule has 0 atom stereocenters. The van der Waals surface area contributed by atoms with Gasteiger partial charge in [-0.3, -0.25) is 4.79 Å². The van der Waals surface area contributed by atoms with E-state index in [4.69, 9.17) is 0 Å². The van der Waals surface area contributed by atoms with Gasteiger partial charge in [0.2, 0.25) is 5.91 Å².